The van der Waals surface area contributed by atoms with Crippen LogP contribution in [0, 0.1) is 6.92 Å². The number of benzene rings is 1. The van der Waals surface area contributed by atoms with Gasteiger partial charge in [-0.3, -0.25) is 4.79 Å². The molecular weight excluding hydrogens is 218 g/mol. The number of carbonyl (C=O) groups excluding carboxylic acids is 1. The van der Waals surface area contributed by atoms with Crippen LogP contribution in [0.2, 0.25) is 0 Å². The molecule has 1 amide bonds. The highest BCUT2D eigenvalue weighted by molar-refractivity contribution is 5.99. The Bertz CT molecular complexity index is 525. The van der Waals surface area contributed by atoms with Crippen LogP contribution in [-0.4, -0.2) is 17.5 Å². The van der Waals surface area contributed by atoms with Crippen molar-refractivity contribution in [1.82, 2.24) is 0 Å². The maximum atomic E-state index is 11.4. The third-order valence-corrected chi connectivity index (χ3v) is 3.24. The van der Waals surface area contributed by atoms with E-state index in [0.29, 0.717) is 5.56 Å². The lowest BCUT2D eigenvalue weighted by Crippen LogP contribution is -2.15. The fourth-order valence-electron chi connectivity index (χ4n) is 2.50. The van der Waals surface area contributed by atoms with Crippen molar-refractivity contribution in [3.63, 3.8) is 0 Å². The van der Waals surface area contributed by atoms with Crippen LogP contribution >= 0.6 is 0 Å². The second-order valence-electron chi connectivity index (χ2n) is 4.32. The molecule has 1 aliphatic rings. The molecule has 2 N–H and O–H groups in total. The van der Waals surface area contributed by atoms with Gasteiger partial charge < -0.3 is 10.4 Å². The molecular formula is C13H15NO3. The predicted octanol–water partition coefficient (Wildman–Crippen LogP) is 2.14. The number of rotatable bonds is 2. The first-order chi connectivity index (χ1) is 8.50. The average Bonchev–Trinajstić information content (AvgIpc) is 2.28. The number of anilines is 1. The lowest BCUT2D eigenvalue weighted by Gasteiger charge is -2.21. The monoisotopic (exact) mass is 234 g/mol. The number of nitrogens with one attached hydrogen (secondary N) is 1. The average molecular weight is 234 g/mol. The van der Waals surface area contributed by atoms with E-state index in [0.717, 1.165) is 36.8 Å². The molecule has 0 aromatic heterocycles. The van der Waals surface area contributed by atoms with Gasteiger partial charge in [0.15, 0.2) is 0 Å². The van der Waals surface area contributed by atoms with Crippen molar-refractivity contribution >= 4 is 18.0 Å². The predicted molar refractivity (Wildman–Crippen MR) is 64.5 cm³/mol. The van der Waals surface area contributed by atoms with E-state index < -0.39 is 12.4 Å². The van der Waals surface area contributed by atoms with Crippen LogP contribution in [0.5, 0.6) is 0 Å². The van der Waals surface area contributed by atoms with Gasteiger partial charge in [0.2, 0.25) is 6.39 Å². The van der Waals surface area contributed by atoms with E-state index in [9.17, 15) is 14.7 Å². The zero-order valence-corrected chi connectivity index (χ0v) is 9.67. The summed E-state index contributed by atoms with van der Waals surface area (Å²) in [4.78, 5) is 22.3. The summed E-state index contributed by atoms with van der Waals surface area (Å²) < 4.78 is 6.95. The van der Waals surface area contributed by atoms with E-state index in [1.54, 1.807) is 6.92 Å². The molecule has 0 saturated carbocycles. The minimum Gasteiger partial charge on any atom is -0.478 e. The summed E-state index contributed by atoms with van der Waals surface area (Å²) in [6.07, 6.45) is 2.64. The Kier molecular flexibility index (Phi) is 2.78. The van der Waals surface area contributed by atoms with Gasteiger partial charge in [0, 0.05) is 0 Å². The molecule has 0 fully saturated rings. The van der Waals surface area contributed by atoms with Crippen LogP contribution in [0.1, 0.15) is 41.3 Å². The van der Waals surface area contributed by atoms with Gasteiger partial charge in [0.05, 0.1) is 11.3 Å². The standard InChI is InChI=1S/C13H15NO3/c1-8-6-9-4-2-3-5-10(9)11(13(16)17)12(8)14-7-15/h6-7H,2-5H2,1H3,(H,14,15)(H,16,17)/i7D. The molecule has 1 aliphatic carbocycles. The van der Waals surface area contributed by atoms with Crippen LogP contribution in [0.25, 0.3) is 0 Å². The van der Waals surface area contributed by atoms with Gasteiger partial charge in [0.25, 0.3) is 0 Å². The van der Waals surface area contributed by atoms with Gasteiger partial charge >= 0.3 is 5.97 Å². The van der Waals surface area contributed by atoms with Gasteiger partial charge in [0.1, 0.15) is 1.37 Å². The highest BCUT2D eigenvalue weighted by Crippen LogP contribution is 2.32. The minimum atomic E-state index is -1.04. The molecule has 90 valence electrons. The first-order valence-corrected chi connectivity index (χ1v) is 5.67. The van der Waals surface area contributed by atoms with Crippen LogP contribution in [-0.2, 0) is 17.6 Å². The van der Waals surface area contributed by atoms with E-state index >= 15 is 0 Å². The third kappa shape index (κ3) is 2.02. The van der Waals surface area contributed by atoms with Gasteiger partial charge in [-0.25, -0.2) is 4.79 Å². The molecule has 2 rings (SSSR count). The molecule has 0 atom stereocenters. The smallest absolute Gasteiger partial charge is 0.338 e. The topological polar surface area (TPSA) is 66.4 Å². The Balaban J connectivity index is 2.64. The highest BCUT2D eigenvalue weighted by Gasteiger charge is 2.22. The number of hydrogen-bond acceptors (Lipinski definition) is 2. The maximum absolute atomic E-state index is 11.4. The van der Waals surface area contributed by atoms with E-state index in [1.165, 1.54) is 0 Å². The molecule has 4 heteroatoms. The quantitative estimate of drug-likeness (QED) is 0.770. The number of aryl methyl sites for hydroxylation is 2. The van der Waals surface area contributed by atoms with Crippen molar-refractivity contribution in [2.45, 2.75) is 32.6 Å². The van der Waals surface area contributed by atoms with Crippen molar-refractivity contribution in [3.05, 3.63) is 28.3 Å². The lowest BCUT2D eigenvalue weighted by molar-refractivity contribution is -0.105. The van der Waals surface area contributed by atoms with E-state index in [2.05, 4.69) is 5.32 Å². The first kappa shape index (κ1) is 10.3. The highest BCUT2D eigenvalue weighted by atomic mass is 16.4. The number of aromatic carboxylic acids is 1. The molecule has 0 aliphatic heterocycles. The number of carboxylic acids is 1. The van der Waals surface area contributed by atoms with Crippen LogP contribution in [0.15, 0.2) is 6.07 Å². The molecule has 1 aromatic rings. The number of carbonyl (C=O) groups is 2. The Morgan fingerprint density at radius 1 is 1.53 bits per heavy atom. The fourth-order valence-corrected chi connectivity index (χ4v) is 2.50. The maximum Gasteiger partial charge on any atom is 0.338 e. The molecule has 0 radical (unpaired) electrons. The summed E-state index contributed by atoms with van der Waals surface area (Å²) in [5.41, 5.74) is 2.99. The Morgan fingerprint density at radius 3 is 2.88 bits per heavy atom. The zero-order chi connectivity index (χ0) is 13.3. The number of carboxylic acid groups (broad SMARTS) is 1. The molecule has 0 bridgehead atoms. The van der Waals surface area contributed by atoms with Crippen LogP contribution in [0.4, 0.5) is 5.69 Å². The van der Waals surface area contributed by atoms with Crippen LogP contribution in [0.3, 0.4) is 0 Å². The summed E-state index contributed by atoms with van der Waals surface area (Å²) >= 11 is 0. The van der Waals surface area contributed by atoms with E-state index in [-0.39, 0.29) is 11.3 Å². The van der Waals surface area contributed by atoms with E-state index in [1.807, 2.05) is 6.07 Å². The van der Waals surface area contributed by atoms with E-state index in [4.69, 9.17) is 1.37 Å². The van der Waals surface area contributed by atoms with Crippen molar-refractivity contribution < 1.29 is 16.1 Å². The summed E-state index contributed by atoms with van der Waals surface area (Å²) in [6.45, 7) is 1.76. The lowest BCUT2D eigenvalue weighted by atomic mass is 9.85. The molecule has 0 unspecified atom stereocenters. The summed E-state index contributed by atoms with van der Waals surface area (Å²) in [6, 6.07) is 1.92. The number of amides is 1. The first-order valence-electron chi connectivity index (χ1n) is 6.17. The fraction of sp³-hybridized carbons (Fsp3) is 0.385. The Hall–Kier alpha value is -1.84. The molecule has 0 heterocycles. The zero-order valence-electron chi connectivity index (χ0n) is 10.7. The van der Waals surface area contributed by atoms with Crippen molar-refractivity contribution in [2.24, 2.45) is 0 Å². The van der Waals surface area contributed by atoms with Gasteiger partial charge in [-0.15, -0.1) is 0 Å². The second-order valence-corrected chi connectivity index (χ2v) is 4.32. The molecule has 1 aromatic carbocycles. The van der Waals surface area contributed by atoms with Crippen molar-refractivity contribution in [2.75, 3.05) is 5.32 Å². The Labute approximate surface area is 101 Å². The number of fused-ring (bicyclic) bond motifs is 1. The normalized spacial score (nSPS) is 14.8. The molecule has 17 heavy (non-hydrogen) atoms. The molecule has 0 saturated heterocycles. The number of hydrogen-bond donors (Lipinski definition) is 2. The largest absolute Gasteiger partial charge is 0.478 e. The molecule has 4 nitrogen and oxygen atoms in total. The van der Waals surface area contributed by atoms with Crippen LogP contribution < -0.4 is 5.32 Å². The Morgan fingerprint density at radius 2 is 2.24 bits per heavy atom. The third-order valence-electron chi connectivity index (χ3n) is 3.24. The van der Waals surface area contributed by atoms with Crippen molar-refractivity contribution in [1.29, 1.82) is 0 Å². The summed E-state index contributed by atoms with van der Waals surface area (Å²) in [5.74, 6) is -1.04. The SMILES string of the molecule is [2H]C(=O)Nc1c(C)cc2c(c1C(=O)O)CCCC2. The summed E-state index contributed by atoms with van der Waals surface area (Å²) in [5, 5.41) is 11.7. The second kappa shape index (κ2) is 4.57. The van der Waals surface area contributed by atoms with Gasteiger partial charge in [-0.1, -0.05) is 6.07 Å². The van der Waals surface area contributed by atoms with Gasteiger partial charge in [-0.05, 0) is 49.3 Å². The molecule has 0 spiro atoms. The summed E-state index contributed by atoms with van der Waals surface area (Å²) in [7, 11) is 0. The minimum absolute atomic E-state index is 0.158. The van der Waals surface area contributed by atoms with Crippen molar-refractivity contribution in [3.8, 4) is 0 Å². The van der Waals surface area contributed by atoms with Gasteiger partial charge in [-0.2, -0.15) is 0 Å².